The van der Waals surface area contributed by atoms with Crippen molar-refractivity contribution < 1.29 is 9.47 Å². The fraction of sp³-hybridized carbons (Fsp3) is 0.462. The zero-order chi connectivity index (χ0) is 11.2. The number of hydrogen-bond donors (Lipinski definition) is 0. The lowest BCUT2D eigenvalue weighted by atomic mass is 10.2. The molecule has 1 aliphatic rings. The summed E-state index contributed by atoms with van der Waals surface area (Å²) >= 11 is 0. The van der Waals surface area contributed by atoms with Crippen molar-refractivity contribution >= 4 is 0 Å². The molecule has 0 aliphatic heterocycles. The van der Waals surface area contributed by atoms with E-state index in [1.54, 1.807) is 24.3 Å². The van der Waals surface area contributed by atoms with Gasteiger partial charge < -0.3 is 9.47 Å². The molecule has 1 aliphatic carbocycles. The first-order valence-electron chi connectivity index (χ1n) is 5.59. The summed E-state index contributed by atoms with van der Waals surface area (Å²) in [6, 6.07) is 9.18. The highest BCUT2D eigenvalue weighted by molar-refractivity contribution is 5.34. The fourth-order valence-corrected chi connectivity index (χ4v) is 1.38. The minimum atomic E-state index is 0.568. The molecule has 3 heteroatoms. The first-order chi connectivity index (χ1) is 7.88. The molecule has 1 fully saturated rings. The monoisotopic (exact) mass is 217 g/mol. The lowest BCUT2D eigenvalue weighted by molar-refractivity contribution is 0.0927. The predicted octanol–water partition coefficient (Wildman–Crippen LogP) is 2.36. The maximum Gasteiger partial charge on any atom is 0.119 e. The summed E-state index contributed by atoms with van der Waals surface area (Å²) in [7, 11) is 0. The molecule has 1 saturated carbocycles. The van der Waals surface area contributed by atoms with E-state index in [9.17, 15) is 0 Å². The zero-order valence-electron chi connectivity index (χ0n) is 9.19. The summed E-state index contributed by atoms with van der Waals surface area (Å²) in [6.07, 6.45) is 2.63. The SMILES string of the molecule is N#Cc1ccc(OCCOCC2CC2)cc1. The highest BCUT2D eigenvalue weighted by Crippen LogP contribution is 2.28. The van der Waals surface area contributed by atoms with Gasteiger partial charge in [-0.05, 0) is 43.0 Å². The Morgan fingerprint density at radius 3 is 2.56 bits per heavy atom. The molecule has 0 N–H and O–H groups in total. The summed E-state index contributed by atoms with van der Waals surface area (Å²) in [5, 5.41) is 8.62. The molecular formula is C13H15NO2. The van der Waals surface area contributed by atoms with Crippen LogP contribution in [0.5, 0.6) is 5.75 Å². The lowest BCUT2D eigenvalue weighted by Crippen LogP contribution is -2.08. The van der Waals surface area contributed by atoms with Crippen LogP contribution in [0.2, 0.25) is 0 Å². The van der Waals surface area contributed by atoms with Crippen LogP contribution in [0.4, 0.5) is 0 Å². The van der Waals surface area contributed by atoms with Crippen molar-refractivity contribution in [2.45, 2.75) is 12.8 Å². The van der Waals surface area contributed by atoms with Crippen LogP contribution in [0, 0.1) is 17.2 Å². The number of hydrogen-bond acceptors (Lipinski definition) is 3. The summed E-state index contributed by atoms with van der Waals surface area (Å²) in [4.78, 5) is 0. The number of nitriles is 1. The minimum Gasteiger partial charge on any atom is -0.491 e. The quantitative estimate of drug-likeness (QED) is 0.687. The smallest absolute Gasteiger partial charge is 0.119 e. The molecule has 1 aromatic rings. The topological polar surface area (TPSA) is 42.2 Å². The van der Waals surface area contributed by atoms with Crippen molar-refractivity contribution in [2.24, 2.45) is 5.92 Å². The second-order valence-electron chi connectivity index (χ2n) is 4.00. The largest absolute Gasteiger partial charge is 0.491 e. The van der Waals surface area contributed by atoms with E-state index in [0.29, 0.717) is 18.8 Å². The third kappa shape index (κ3) is 3.56. The van der Waals surface area contributed by atoms with Crippen LogP contribution < -0.4 is 4.74 Å². The minimum absolute atomic E-state index is 0.568. The zero-order valence-corrected chi connectivity index (χ0v) is 9.19. The van der Waals surface area contributed by atoms with Crippen LogP contribution >= 0.6 is 0 Å². The molecular weight excluding hydrogens is 202 g/mol. The average molecular weight is 217 g/mol. The van der Waals surface area contributed by atoms with Crippen molar-refractivity contribution in [3.05, 3.63) is 29.8 Å². The summed E-state index contributed by atoms with van der Waals surface area (Å²) < 4.78 is 10.9. The molecule has 0 atom stereocenters. The maximum absolute atomic E-state index is 8.62. The van der Waals surface area contributed by atoms with E-state index in [-0.39, 0.29) is 0 Å². The van der Waals surface area contributed by atoms with E-state index < -0.39 is 0 Å². The molecule has 0 amide bonds. The van der Waals surface area contributed by atoms with Gasteiger partial charge in [-0.2, -0.15) is 5.26 Å². The van der Waals surface area contributed by atoms with Gasteiger partial charge in [0.15, 0.2) is 0 Å². The summed E-state index contributed by atoms with van der Waals surface area (Å²) in [6.45, 7) is 2.08. The number of benzene rings is 1. The van der Waals surface area contributed by atoms with Crippen LogP contribution in [0.1, 0.15) is 18.4 Å². The van der Waals surface area contributed by atoms with Gasteiger partial charge in [0.2, 0.25) is 0 Å². The van der Waals surface area contributed by atoms with Gasteiger partial charge in [0.05, 0.1) is 18.2 Å². The Kier molecular flexibility index (Phi) is 3.79. The second-order valence-corrected chi connectivity index (χ2v) is 4.00. The van der Waals surface area contributed by atoms with E-state index in [1.165, 1.54) is 12.8 Å². The standard InChI is InChI=1S/C13H15NO2/c14-9-11-3-5-13(6-4-11)16-8-7-15-10-12-1-2-12/h3-6,12H,1-2,7-8,10H2. The molecule has 3 nitrogen and oxygen atoms in total. The molecule has 0 bridgehead atoms. The normalized spacial score (nSPS) is 14.4. The second kappa shape index (κ2) is 5.53. The van der Waals surface area contributed by atoms with Gasteiger partial charge in [-0.1, -0.05) is 0 Å². The highest BCUT2D eigenvalue weighted by Gasteiger charge is 2.20. The van der Waals surface area contributed by atoms with Gasteiger partial charge in [0.1, 0.15) is 12.4 Å². The van der Waals surface area contributed by atoms with Gasteiger partial charge in [-0.3, -0.25) is 0 Å². The van der Waals surface area contributed by atoms with E-state index >= 15 is 0 Å². The van der Waals surface area contributed by atoms with E-state index in [1.807, 2.05) is 0 Å². The predicted molar refractivity (Wildman–Crippen MR) is 60.2 cm³/mol. The third-order valence-corrected chi connectivity index (χ3v) is 2.53. The molecule has 0 aromatic heterocycles. The van der Waals surface area contributed by atoms with Crippen LogP contribution in [0.25, 0.3) is 0 Å². The first kappa shape index (κ1) is 11.0. The van der Waals surface area contributed by atoms with Crippen LogP contribution in [0.3, 0.4) is 0 Å². The first-order valence-corrected chi connectivity index (χ1v) is 5.59. The Bertz CT molecular complexity index is 363. The van der Waals surface area contributed by atoms with Crippen molar-refractivity contribution in [2.75, 3.05) is 19.8 Å². The molecule has 2 rings (SSSR count). The van der Waals surface area contributed by atoms with Crippen LogP contribution in [-0.4, -0.2) is 19.8 Å². The van der Waals surface area contributed by atoms with E-state index in [4.69, 9.17) is 14.7 Å². The molecule has 84 valence electrons. The Morgan fingerprint density at radius 1 is 1.19 bits per heavy atom. The van der Waals surface area contributed by atoms with Crippen molar-refractivity contribution in [3.8, 4) is 11.8 Å². The Hall–Kier alpha value is -1.53. The number of rotatable bonds is 6. The molecule has 0 spiro atoms. The Labute approximate surface area is 95.6 Å². The van der Waals surface area contributed by atoms with Gasteiger partial charge in [-0.15, -0.1) is 0 Å². The summed E-state index contributed by atoms with van der Waals surface area (Å²) in [5.41, 5.74) is 0.650. The molecule has 0 unspecified atom stereocenters. The van der Waals surface area contributed by atoms with E-state index in [0.717, 1.165) is 18.3 Å². The lowest BCUT2D eigenvalue weighted by Gasteiger charge is -2.06. The Balaban J connectivity index is 1.62. The molecule has 16 heavy (non-hydrogen) atoms. The van der Waals surface area contributed by atoms with Crippen molar-refractivity contribution in [3.63, 3.8) is 0 Å². The molecule has 0 saturated heterocycles. The average Bonchev–Trinajstić information content (AvgIpc) is 3.13. The van der Waals surface area contributed by atoms with Gasteiger partial charge in [0.25, 0.3) is 0 Å². The maximum atomic E-state index is 8.62. The number of ether oxygens (including phenoxy) is 2. The van der Waals surface area contributed by atoms with E-state index in [2.05, 4.69) is 6.07 Å². The van der Waals surface area contributed by atoms with Gasteiger partial charge in [0, 0.05) is 6.61 Å². The van der Waals surface area contributed by atoms with Crippen molar-refractivity contribution in [1.29, 1.82) is 5.26 Å². The van der Waals surface area contributed by atoms with Gasteiger partial charge >= 0.3 is 0 Å². The van der Waals surface area contributed by atoms with Crippen LogP contribution in [-0.2, 0) is 4.74 Å². The van der Waals surface area contributed by atoms with Crippen LogP contribution in [0.15, 0.2) is 24.3 Å². The molecule has 0 radical (unpaired) electrons. The third-order valence-electron chi connectivity index (χ3n) is 2.53. The van der Waals surface area contributed by atoms with Crippen molar-refractivity contribution in [1.82, 2.24) is 0 Å². The molecule has 0 heterocycles. The highest BCUT2D eigenvalue weighted by atomic mass is 16.5. The summed E-state index contributed by atoms with van der Waals surface area (Å²) in [5.74, 6) is 1.59. The van der Waals surface area contributed by atoms with Gasteiger partial charge in [-0.25, -0.2) is 0 Å². The molecule has 1 aromatic carbocycles. The number of nitrogens with zero attached hydrogens (tertiary/aromatic N) is 1. The Morgan fingerprint density at radius 2 is 1.94 bits per heavy atom. The fourth-order valence-electron chi connectivity index (χ4n) is 1.38.